The lowest BCUT2D eigenvalue weighted by molar-refractivity contribution is -0.0328. The Kier molecular flexibility index (Phi) is 30.3. The molecule has 0 aromatic rings. The highest BCUT2D eigenvalue weighted by molar-refractivity contribution is 7.53. The molecule has 0 atom stereocenters. The fourth-order valence-corrected chi connectivity index (χ4v) is 0.888. The van der Waals surface area contributed by atoms with Crippen molar-refractivity contribution in [2.75, 3.05) is 26.4 Å². The summed E-state index contributed by atoms with van der Waals surface area (Å²) in [5.41, 5.74) is -1.11. The fourth-order valence-electron chi connectivity index (χ4n) is 0.365. The topological polar surface area (TPSA) is 292 Å². The van der Waals surface area contributed by atoms with Gasteiger partial charge < -0.3 is 69.4 Å². The second-order valence-electron chi connectivity index (χ2n) is 3.26. The Balaban J connectivity index is -0.000000119. The summed E-state index contributed by atoms with van der Waals surface area (Å²) in [6.45, 7) is -1.62. The molecule has 0 aliphatic carbocycles. The Morgan fingerprint density at radius 3 is 0.667 bits per heavy atom. The minimum Gasteiger partial charge on any atom is -0.396 e. The molecule has 15 nitrogen and oxygen atoms in total. The zero-order valence-corrected chi connectivity index (χ0v) is 15.4. The van der Waals surface area contributed by atoms with Crippen molar-refractivity contribution in [1.29, 1.82) is 0 Å². The maximum absolute atomic E-state index is 8.50. The van der Waals surface area contributed by atoms with Gasteiger partial charge in [0, 0.05) is 0 Å². The molecule has 0 rings (SSSR count). The van der Waals surface area contributed by atoms with E-state index >= 15 is 0 Å². The monoisotopic (exact) mass is 446 g/mol. The third-order valence-corrected chi connectivity index (χ3v) is 2.66. The number of rotatable bonds is 6. The number of hydrogen-bond acceptors (Lipinski definition) is 15. The smallest absolute Gasteiger partial charge is 0.334 e. The van der Waals surface area contributed by atoms with Crippen molar-refractivity contribution in [2.45, 2.75) is 0 Å². The fraction of sp³-hybridized carbons (Fsp3) is 1.00. The van der Waals surface area contributed by atoms with Gasteiger partial charge in [-0.1, -0.05) is 0 Å². The Hall–Kier alpha value is 1.12. The average molecular weight is 446 g/mol. The lowest BCUT2D eigenvalue weighted by atomic mass is 9.93. The first-order valence-corrected chi connectivity index (χ1v) is 9.77. The molecule has 0 bridgehead atoms. The van der Waals surface area contributed by atoms with Crippen molar-refractivity contribution in [3.63, 3.8) is 0 Å². The molecule has 19 heteroatoms. The molecule has 0 radical (unpaired) electrons. The largest absolute Gasteiger partial charge is 0.396 e. The van der Waals surface area contributed by atoms with Crippen LogP contribution in [-0.4, -0.2) is 95.8 Å². The number of aliphatic hydroxyl groups is 4. The third kappa shape index (κ3) is 38.6. The van der Waals surface area contributed by atoms with E-state index in [1.807, 2.05) is 0 Å². The van der Waals surface area contributed by atoms with Gasteiger partial charge in [0.15, 0.2) is 0 Å². The summed E-state index contributed by atoms with van der Waals surface area (Å²) < 4.78 is 3.60. The Morgan fingerprint density at radius 1 is 0.500 bits per heavy atom. The van der Waals surface area contributed by atoms with Gasteiger partial charge in [-0.3, -0.25) is 0 Å². The molecule has 0 saturated heterocycles. The van der Waals surface area contributed by atoms with E-state index in [0.29, 0.717) is 0 Å². The summed E-state index contributed by atoms with van der Waals surface area (Å²) in [5, 5.41) is 34.0. The van der Waals surface area contributed by atoms with Crippen molar-refractivity contribution in [3.05, 3.63) is 0 Å². The van der Waals surface area contributed by atoms with Crippen LogP contribution in [0.1, 0.15) is 0 Å². The molecule has 0 aliphatic heterocycles. The summed E-state index contributed by atoms with van der Waals surface area (Å²) in [5.74, 6) is 0. The quantitative estimate of drug-likeness (QED) is 0.172. The van der Waals surface area contributed by atoms with Gasteiger partial charge in [0.25, 0.3) is 0 Å². The van der Waals surface area contributed by atoms with Gasteiger partial charge in [-0.05, 0) is 0 Å². The molecular formula is C5H22O15P4. The van der Waals surface area contributed by atoms with Crippen LogP contribution in [0.5, 0.6) is 0 Å². The maximum atomic E-state index is 8.50. The summed E-state index contributed by atoms with van der Waals surface area (Å²) in [7, 11) is -10.5. The second kappa shape index (κ2) is 22.2. The third-order valence-electron chi connectivity index (χ3n) is 1.49. The van der Waals surface area contributed by atoms with Crippen LogP contribution in [0.3, 0.4) is 0 Å². The molecule has 0 aromatic carbocycles. The van der Waals surface area contributed by atoms with E-state index in [9.17, 15) is 0 Å². The Bertz CT molecular complexity index is 191. The van der Waals surface area contributed by atoms with Crippen molar-refractivity contribution < 1.29 is 73.7 Å². The summed E-state index contributed by atoms with van der Waals surface area (Å²) >= 11 is 0. The predicted octanol–water partition coefficient (Wildman–Crippen LogP) is -4.25. The van der Waals surface area contributed by atoms with Gasteiger partial charge in [0.05, 0.1) is 31.8 Å². The maximum Gasteiger partial charge on any atom is 0.334 e. The molecule has 0 heterocycles. The van der Waals surface area contributed by atoms with E-state index < -0.39 is 66.3 Å². The molecule has 0 unspecified atom stereocenters. The van der Waals surface area contributed by atoms with E-state index in [2.05, 4.69) is 4.31 Å². The Labute approximate surface area is 140 Å². The summed E-state index contributed by atoms with van der Waals surface area (Å²) in [6.07, 6.45) is 0. The molecule has 0 aromatic heterocycles. The minimum absolute atomic E-state index is 0.406. The Morgan fingerprint density at radius 2 is 0.667 bits per heavy atom. The van der Waals surface area contributed by atoms with Crippen molar-refractivity contribution in [2.24, 2.45) is 5.41 Å². The molecular weight excluding hydrogens is 424 g/mol. The molecule has 152 valence electrons. The minimum atomic E-state index is -2.62. The second-order valence-corrected chi connectivity index (χ2v) is 5.99. The van der Waals surface area contributed by atoms with E-state index in [4.69, 9.17) is 69.4 Å². The van der Waals surface area contributed by atoms with Crippen LogP contribution in [0.15, 0.2) is 0 Å². The standard InChI is InChI=1S/C5H12O4.H4O5P2.2H3O3P/c6-1-5(2-7,3-8)4-9;1-6(2)5-7(3)4;2*1-4(2)3/h6-9H,1-4H2;1-4H;2*1-3H. The van der Waals surface area contributed by atoms with Gasteiger partial charge in [-0.25, -0.2) is 4.31 Å². The van der Waals surface area contributed by atoms with Crippen LogP contribution >= 0.6 is 34.4 Å². The highest BCUT2D eigenvalue weighted by atomic mass is 31.2. The molecule has 0 fully saturated rings. The molecule has 24 heavy (non-hydrogen) atoms. The van der Waals surface area contributed by atoms with Crippen LogP contribution in [0, 0.1) is 5.41 Å². The van der Waals surface area contributed by atoms with Crippen LogP contribution < -0.4 is 0 Å². The first kappa shape index (κ1) is 32.8. The van der Waals surface area contributed by atoms with E-state index in [-0.39, 0.29) is 0 Å². The average Bonchev–Trinajstić information content (AvgIpc) is 2.40. The zero-order chi connectivity index (χ0) is 20.3. The summed E-state index contributed by atoms with van der Waals surface area (Å²) in [4.78, 5) is 74.7. The molecule has 0 spiro atoms. The highest BCUT2D eigenvalue weighted by Crippen LogP contribution is 2.41. The predicted molar refractivity (Wildman–Crippen MR) is 81.7 cm³/mol. The molecule has 0 aliphatic rings. The van der Waals surface area contributed by atoms with Crippen LogP contribution in [-0.2, 0) is 4.31 Å². The van der Waals surface area contributed by atoms with Crippen LogP contribution in [0.2, 0.25) is 0 Å². The number of hydrogen-bond donors (Lipinski definition) is 14. The van der Waals surface area contributed by atoms with Gasteiger partial charge in [-0.2, -0.15) is 0 Å². The SMILES string of the molecule is OCC(CO)(CO)CO.OP(O)O.OP(O)O.OP(O)OP(O)O. The number of aliphatic hydroxyl groups excluding tert-OH is 4. The van der Waals surface area contributed by atoms with Crippen molar-refractivity contribution in [1.82, 2.24) is 0 Å². The van der Waals surface area contributed by atoms with Crippen LogP contribution in [0.25, 0.3) is 0 Å². The van der Waals surface area contributed by atoms with Crippen molar-refractivity contribution >= 4 is 34.4 Å². The van der Waals surface area contributed by atoms with Gasteiger partial charge in [-0.15, -0.1) is 0 Å². The summed E-state index contributed by atoms with van der Waals surface area (Å²) in [6, 6.07) is 0. The van der Waals surface area contributed by atoms with E-state index in [0.717, 1.165) is 0 Å². The first-order valence-electron chi connectivity index (χ1n) is 5.04. The lowest BCUT2D eigenvalue weighted by Crippen LogP contribution is -2.37. The normalized spacial score (nSPS) is 10.8. The lowest BCUT2D eigenvalue weighted by Gasteiger charge is -2.23. The van der Waals surface area contributed by atoms with E-state index in [1.54, 1.807) is 0 Å². The first-order chi connectivity index (χ1) is 10.8. The molecule has 0 amide bonds. The van der Waals surface area contributed by atoms with Crippen molar-refractivity contribution in [3.8, 4) is 0 Å². The van der Waals surface area contributed by atoms with Gasteiger partial charge in [0.2, 0.25) is 0 Å². The van der Waals surface area contributed by atoms with Crippen LogP contribution in [0.4, 0.5) is 0 Å². The van der Waals surface area contributed by atoms with E-state index in [1.165, 1.54) is 0 Å². The molecule has 0 saturated carbocycles. The highest BCUT2D eigenvalue weighted by Gasteiger charge is 2.26. The van der Waals surface area contributed by atoms with Gasteiger partial charge in [0.1, 0.15) is 0 Å². The van der Waals surface area contributed by atoms with Gasteiger partial charge >= 0.3 is 34.4 Å². The zero-order valence-electron chi connectivity index (χ0n) is 11.8. The molecule has 14 N–H and O–H groups in total.